The molecule has 1 N–H and O–H groups in total. The Kier molecular flexibility index (Phi) is 3.67. The van der Waals surface area contributed by atoms with Gasteiger partial charge in [-0.1, -0.05) is 18.2 Å². The smallest absolute Gasteiger partial charge is 0.397 e. The summed E-state index contributed by atoms with van der Waals surface area (Å²) < 4.78 is 4.51. The molecule has 1 radical (unpaired) electrons. The summed E-state index contributed by atoms with van der Waals surface area (Å²) in [6.07, 6.45) is 0. The topological polar surface area (TPSA) is 55.4 Å². The number of carbonyl (C=O) groups is 2. The van der Waals surface area contributed by atoms with Crippen molar-refractivity contribution in [2.75, 3.05) is 11.9 Å². The van der Waals surface area contributed by atoms with E-state index in [9.17, 15) is 9.59 Å². The zero-order chi connectivity index (χ0) is 10.4. The van der Waals surface area contributed by atoms with Gasteiger partial charge in [-0.25, -0.2) is 4.79 Å². The molecule has 1 aromatic rings. The first kappa shape index (κ1) is 10.2. The van der Waals surface area contributed by atoms with Gasteiger partial charge in [0.05, 0.1) is 6.61 Å². The van der Waals surface area contributed by atoms with Crippen molar-refractivity contribution in [3.63, 3.8) is 0 Å². The minimum Gasteiger partial charge on any atom is -0.459 e. The molecular weight excluding hydrogens is 182 g/mol. The van der Waals surface area contributed by atoms with Gasteiger partial charge in [-0.15, -0.1) is 0 Å². The molecule has 4 heteroatoms. The Hall–Kier alpha value is -1.84. The molecule has 0 saturated heterocycles. The van der Waals surface area contributed by atoms with Crippen LogP contribution >= 0.6 is 0 Å². The summed E-state index contributed by atoms with van der Waals surface area (Å²) in [6.45, 7) is 1.82. The van der Waals surface area contributed by atoms with E-state index in [1.165, 1.54) is 0 Å². The summed E-state index contributed by atoms with van der Waals surface area (Å²) in [5.74, 6) is -1.67. The number of benzene rings is 1. The molecule has 14 heavy (non-hydrogen) atoms. The lowest BCUT2D eigenvalue weighted by molar-refractivity contribution is -0.152. The molecule has 0 spiro atoms. The molecule has 0 atom stereocenters. The van der Waals surface area contributed by atoms with E-state index in [1.54, 1.807) is 31.2 Å². The third-order valence-electron chi connectivity index (χ3n) is 1.42. The highest BCUT2D eigenvalue weighted by Gasteiger charge is 2.13. The highest BCUT2D eigenvalue weighted by molar-refractivity contribution is 6.37. The lowest BCUT2D eigenvalue weighted by Crippen LogP contribution is -2.24. The molecule has 0 saturated carbocycles. The second-order valence-corrected chi connectivity index (χ2v) is 2.45. The molecule has 73 valence electrons. The molecule has 0 aliphatic carbocycles. The predicted octanol–water partition coefficient (Wildman–Crippen LogP) is 0.988. The Bertz CT molecular complexity index is 321. The van der Waals surface area contributed by atoms with Gasteiger partial charge in [0.1, 0.15) is 0 Å². The first-order valence-electron chi connectivity index (χ1n) is 4.19. The van der Waals surface area contributed by atoms with Crippen LogP contribution in [0.4, 0.5) is 5.69 Å². The molecule has 0 aromatic heterocycles. The van der Waals surface area contributed by atoms with E-state index in [4.69, 9.17) is 0 Å². The average molecular weight is 192 g/mol. The van der Waals surface area contributed by atoms with E-state index in [2.05, 4.69) is 16.1 Å². The number of amides is 1. The van der Waals surface area contributed by atoms with Gasteiger partial charge in [-0.3, -0.25) is 4.79 Å². The van der Waals surface area contributed by atoms with E-state index < -0.39 is 11.9 Å². The van der Waals surface area contributed by atoms with Crippen LogP contribution in [-0.4, -0.2) is 18.5 Å². The Labute approximate surface area is 81.9 Å². The van der Waals surface area contributed by atoms with Crippen LogP contribution in [-0.2, 0) is 14.3 Å². The first-order chi connectivity index (χ1) is 6.74. The monoisotopic (exact) mass is 192 g/mol. The third-order valence-corrected chi connectivity index (χ3v) is 1.42. The summed E-state index contributed by atoms with van der Waals surface area (Å²) in [7, 11) is 0. The predicted molar refractivity (Wildman–Crippen MR) is 50.5 cm³/mol. The van der Waals surface area contributed by atoms with Crippen molar-refractivity contribution in [1.82, 2.24) is 0 Å². The third kappa shape index (κ3) is 2.90. The number of rotatable bonds is 2. The molecule has 0 bridgehead atoms. The van der Waals surface area contributed by atoms with Gasteiger partial charge < -0.3 is 10.1 Å². The molecule has 0 unspecified atom stereocenters. The lowest BCUT2D eigenvalue weighted by Gasteiger charge is -2.02. The van der Waals surface area contributed by atoms with Gasteiger partial charge in [-0.2, -0.15) is 0 Å². The molecule has 1 rings (SSSR count). The second kappa shape index (κ2) is 5.01. The fraction of sp³-hybridized carbons (Fsp3) is 0.200. The van der Waals surface area contributed by atoms with E-state index >= 15 is 0 Å². The normalized spacial score (nSPS) is 9.21. The Morgan fingerprint density at radius 2 is 2.29 bits per heavy atom. The maximum atomic E-state index is 11.1. The van der Waals surface area contributed by atoms with Crippen molar-refractivity contribution >= 4 is 17.6 Å². The Morgan fingerprint density at radius 3 is 2.86 bits per heavy atom. The van der Waals surface area contributed by atoms with E-state index in [0.29, 0.717) is 5.69 Å². The number of nitrogens with one attached hydrogen (secondary N) is 1. The molecule has 0 aliphatic heterocycles. The van der Waals surface area contributed by atoms with Crippen molar-refractivity contribution in [3.05, 3.63) is 30.3 Å². The second-order valence-electron chi connectivity index (χ2n) is 2.45. The highest BCUT2D eigenvalue weighted by atomic mass is 16.5. The molecule has 1 amide bonds. The zero-order valence-corrected chi connectivity index (χ0v) is 7.74. The number of hydrogen-bond acceptors (Lipinski definition) is 3. The fourth-order valence-corrected chi connectivity index (χ4v) is 0.841. The Morgan fingerprint density at radius 1 is 1.50 bits per heavy atom. The standard InChI is InChI=1S/C10H10NO3/c1-2-14-10(13)9(12)11-8-6-4-3-5-7-8/h3-6H,2H2,1H3,(H,11,12). The fourth-order valence-electron chi connectivity index (χ4n) is 0.841. The van der Waals surface area contributed by atoms with Crippen LogP contribution in [0.2, 0.25) is 0 Å². The quantitative estimate of drug-likeness (QED) is 0.561. The van der Waals surface area contributed by atoms with Gasteiger partial charge in [0.2, 0.25) is 0 Å². The van der Waals surface area contributed by atoms with Crippen LogP contribution in [0, 0.1) is 6.07 Å². The molecule has 0 fully saturated rings. The molecule has 4 nitrogen and oxygen atoms in total. The van der Waals surface area contributed by atoms with Crippen LogP contribution in [0.25, 0.3) is 0 Å². The van der Waals surface area contributed by atoms with Gasteiger partial charge in [0.25, 0.3) is 0 Å². The zero-order valence-electron chi connectivity index (χ0n) is 7.74. The number of hydrogen-bond donors (Lipinski definition) is 1. The minimum absolute atomic E-state index is 0.185. The van der Waals surface area contributed by atoms with Crippen molar-refractivity contribution in [3.8, 4) is 0 Å². The molecular formula is C10H10NO3. The van der Waals surface area contributed by atoms with Gasteiger partial charge in [0.15, 0.2) is 0 Å². The SMILES string of the molecule is CCOC(=O)C(=O)Nc1[c]cccc1. The number of esters is 1. The van der Waals surface area contributed by atoms with Crippen molar-refractivity contribution in [2.45, 2.75) is 6.92 Å². The van der Waals surface area contributed by atoms with E-state index in [0.717, 1.165) is 0 Å². The Balaban J connectivity index is 2.53. The van der Waals surface area contributed by atoms with Crippen LogP contribution in [0.5, 0.6) is 0 Å². The summed E-state index contributed by atoms with van der Waals surface area (Å²) in [5, 5.41) is 2.36. The average Bonchev–Trinajstić information content (AvgIpc) is 2.19. The summed E-state index contributed by atoms with van der Waals surface area (Å²) in [6, 6.07) is 9.53. The summed E-state index contributed by atoms with van der Waals surface area (Å²) >= 11 is 0. The van der Waals surface area contributed by atoms with Crippen LogP contribution in [0.3, 0.4) is 0 Å². The van der Waals surface area contributed by atoms with E-state index in [1.807, 2.05) is 0 Å². The van der Waals surface area contributed by atoms with Crippen LogP contribution < -0.4 is 5.32 Å². The first-order valence-corrected chi connectivity index (χ1v) is 4.19. The minimum atomic E-state index is -0.884. The van der Waals surface area contributed by atoms with Crippen LogP contribution in [0.1, 0.15) is 6.92 Å². The largest absolute Gasteiger partial charge is 0.459 e. The van der Waals surface area contributed by atoms with Crippen molar-refractivity contribution < 1.29 is 14.3 Å². The molecule has 1 aromatic carbocycles. The molecule has 0 aliphatic rings. The van der Waals surface area contributed by atoms with Gasteiger partial charge in [-0.05, 0) is 13.0 Å². The number of carbonyl (C=O) groups excluding carboxylic acids is 2. The maximum absolute atomic E-state index is 11.1. The van der Waals surface area contributed by atoms with Gasteiger partial charge in [0, 0.05) is 11.8 Å². The van der Waals surface area contributed by atoms with E-state index in [-0.39, 0.29) is 6.61 Å². The number of para-hydroxylation sites is 1. The maximum Gasteiger partial charge on any atom is 0.397 e. The number of ether oxygens (including phenoxy) is 1. The highest BCUT2D eigenvalue weighted by Crippen LogP contribution is 2.03. The molecule has 0 heterocycles. The van der Waals surface area contributed by atoms with Crippen molar-refractivity contribution in [2.24, 2.45) is 0 Å². The lowest BCUT2D eigenvalue weighted by atomic mass is 10.3. The van der Waals surface area contributed by atoms with Gasteiger partial charge >= 0.3 is 11.9 Å². The van der Waals surface area contributed by atoms with Crippen LogP contribution in [0.15, 0.2) is 24.3 Å². The summed E-state index contributed by atoms with van der Waals surface area (Å²) in [5.41, 5.74) is 0.450. The summed E-state index contributed by atoms with van der Waals surface area (Å²) in [4.78, 5) is 22.0. The number of anilines is 1. The van der Waals surface area contributed by atoms with Crippen molar-refractivity contribution in [1.29, 1.82) is 0 Å².